The third-order valence-electron chi connectivity index (χ3n) is 14.4. The number of nitrogens with one attached hydrogen (secondary N) is 3. The smallest absolute Gasteiger partial charge is 0.307 e. The Morgan fingerprint density at radius 3 is 1.74 bits per heavy atom. The lowest BCUT2D eigenvalue weighted by molar-refractivity contribution is -0.143. The van der Waals surface area contributed by atoms with Crippen LogP contribution < -0.4 is 27.4 Å². The number of carbonyl (C=O) groups is 9. The number of carboxylic acid groups (broad SMARTS) is 1. The molecule has 0 radical (unpaired) electrons. The van der Waals surface area contributed by atoms with E-state index in [2.05, 4.69) is 16.0 Å². The third kappa shape index (κ3) is 18.5. The molecule has 1 saturated heterocycles. The summed E-state index contributed by atoms with van der Waals surface area (Å²) in [5.41, 5.74) is 14.5. The average Bonchev–Trinajstić information content (AvgIpc) is 3.45. The van der Waals surface area contributed by atoms with Gasteiger partial charge < -0.3 is 42.5 Å². The van der Waals surface area contributed by atoms with Crippen molar-refractivity contribution in [2.45, 2.75) is 107 Å². The quantitative estimate of drug-likeness (QED) is 0.0537. The number of nitrogens with two attached hydrogens (primary N) is 2. The zero-order valence-electron chi connectivity index (χ0n) is 45.1. The van der Waals surface area contributed by atoms with Gasteiger partial charge in [0.05, 0.1) is 36.1 Å². The van der Waals surface area contributed by atoms with Gasteiger partial charge in [0.1, 0.15) is 23.7 Å². The number of Topliss-reactive ketones (excluding diaryl/α,β-unsaturated/α-hetero) is 4. The molecule has 0 bridgehead atoms. The summed E-state index contributed by atoms with van der Waals surface area (Å²) >= 11 is 0. The van der Waals surface area contributed by atoms with Crippen LogP contribution >= 0.6 is 21.6 Å². The number of ketones is 4. The number of benzene rings is 5. The van der Waals surface area contributed by atoms with Gasteiger partial charge in [-0.2, -0.15) is 0 Å². The molecule has 1 aliphatic rings. The van der Waals surface area contributed by atoms with Gasteiger partial charge in [-0.15, -0.1) is 0 Å². The second-order valence-corrected chi connectivity index (χ2v) is 23.0. The van der Waals surface area contributed by atoms with E-state index in [1.54, 1.807) is 109 Å². The van der Waals surface area contributed by atoms with Crippen molar-refractivity contribution in [3.05, 3.63) is 156 Å². The van der Waals surface area contributed by atoms with E-state index >= 15 is 9.59 Å². The van der Waals surface area contributed by atoms with Crippen LogP contribution in [0.1, 0.15) is 78.9 Å². The van der Waals surface area contributed by atoms with Gasteiger partial charge in [0.25, 0.3) is 5.91 Å². The van der Waals surface area contributed by atoms with Gasteiger partial charge >= 0.3 is 5.97 Å². The van der Waals surface area contributed by atoms with Crippen molar-refractivity contribution in [2.24, 2.45) is 29.2 Å². The molecule has 9 atom stereocenters. The lowest BCUT2D eigenvalue weighted by Gasteiger charge is -2.31. The largest absolute Gasteiger partial charge is 0.481 e. The third-order valence-corrected chi connectivity index (χ3v) is 16.9. The summed E-state index contributed by atoms with van der Waals surface area (Å²) in [5, 5.41) is 31.5. The van der Waals surface area contributed by atoms with Crippen LogP contribution in [0.25, 0.3) is 10.8 Å². The summed E-state index contributed by atoms with van der Waals surface area (Å²) in [6, 6.07) is 32.2. The average molecular weight is 1130 g/mol. The summed E-state index contributed by atoms with van der Waals surface area (Å²) in [6.45, 7) is 1.59. The molecular formula is C61H72N6O11S2. The Kier molecular flexibility index (Phi) is 24.2. The first kappa shape index (κ1) is 62.2. The molecule has 0 saturated carbocycles. The number of carbonyl (C=O) groups excluding carboxylic acids is 8. The highest BCUT2D eigenvalue weighted by Gasteiger charge is 2.39. The summed E-state index contributed by atoms with van der Waals surface area (Å²) in [6.07, 6.45) is -2.73. The second kappa shape index (κ2) is 31.1. The van der Waals surface area contributed by atoms with Gasteiger partial charge in [-0.25, -0.2) is 0 Å². The van der Waals surface area contributed by atoms with Gasteiger partial charge in [-0.1, -0.05) is 143 Å². The van der Waals surface area contributed by atoms with Crippen molar-refractivity contribution in [1.82, 2.24) is 20.9 Å². The van der Waals surface area contributed by atoms with E-state index in [0.717, 1.165) is 37.3 Å². The van der Waals surface area contributed by atoms with Crippen LogP contribution in [0.15, 0.2) is 133 Å². The maximum absolute atomic E-state index is 15.1. The van der Waals surface area contributed by atoms with E-state index in [4.69, 9.17) is 11.5 Å². The number of unbranched alkanes of at least 4 members (excludes halogenated alkanes) is 1. The molecule has 6 rings (SSSR count). The minimum Gasteiger partial charge on any atom is -0.481 e. The predicted octanol–water partition coefficient (Wildman–Crippen LogP) is 5.47. The lowest BCUT2D eigenvalue weighted by Crippen LogP contribution is -2.57. The van der Waals surface area contributed by atoms with Gasteiger partial charge in [0.2, 0.25) is 17.7 Å². The van der Waals surface area contributed by atoms with Crippen LogP contribution in [0.4, 0.5) is 0 Å². The number of aliphatic hydroxyl groups is 1. The van der Waals surface area contributed by atoms with Crippen LogP contribution in [0.3, 0.4) is 0 Å². The van der Waals surface area contributed by atoms with Gasteiger partial charge in [-0.3, -0.25) is 43.2 Å². The van der Waals surface area contributed by atoms with Gasteiger partial charge in [0.15, 0.2) is 11.6 Å². The molecule has 9 N–H and O–H groups in total. The van der Waals surface area contributed by atoms with Crippen molar-refractivity contribution in [3.63, 3.8) is 0 Å². The number of aliphatic carboxylic acids is 1. The molecule has 424 valence electrons. The van der Waals surface area contributed by atoms with Crippen molar-refractivity contribution >= 4 is 85.1 Å². The Balaban J connectivity index is 1.42. The Bertz CT molecular complexity index is 2930. The van der Waals surface area contributed by atoms with Crippen LogP contribution in [0.5, 0.6) is 0 Å². The molecule has 80 heavy (non-hydrogen) atoms. The van der Waals surface area contributed by atoms with Gasteiger partial charge in [-0.05, 0) is 85.2 Å². The lowest BCUT2D eigenvalue weighted by atomic mass is 9.81. The highest BCUT2D eigenvalue weighted by atomic mass is 33.1. The standard InChI is InChI=1S/C61H72N6O11S2/c1-38(68)47-34-55(71)49(24-14-15-27-62)64-59(75)52(67(2)60(76)44-26-25-42-22-12-13-23-43(42)31-44)35-56(72)50(29-40-18-8-4-9-19-40)65-58(74)51(30-41-20-10-5-11-21-41)66-57(73)48(63)37-80-79-36-46(61(77)78)33-53(69)45(32-54(47)70)28-39-16-6-3-7-17-39/h3-13,16-23,25-26,31,38,45-52,68H,14-15,24,27-30,32-37,62-63H2,1-2H3,(H,64,75)(H,65,74)(H,66,73)(H,77,78)/t38?,45-,46+,47+,48-,49+,50+,51+,52+/m1/s1. The SMILES string of the molecule is CC(O)[C@@H]1CC(=O)[C@H](CCCCN)NC(=O)[C@@H](N(C)C(=O)c2ccc3ccccc3c2)CC(=O)[C@H](Cc2ccccc2)NC(=O)[C@H](Cc2ccccc2)NC(=O)[C@H](N)CSSC[C@@H](C(=O)O)CC(=O)[C@H](Cc2ccccc2)CC1=O. The number of nitrogens with zero attached hydrogens (tertiary/aromatic N) is 1. The second-order valence-electron chi connectivity index (χ2n) is 20.5. The maximum Gasteiger partial charge on any atom is 0.307 e. The number of carboxylic acids is 1. The zero-order chi connectivity index (χ0) is 57.7. The molecule has 17 nitrogen and oxygen atoms in total. The van der Waals surface area contributed by atoms with Gasteiger partial charge in [0, 0.05) is 62.1 Å². The minimum absolute atomic E-state index is 0.0199. The highest BCUT2D eigenvalue weighted by molar-refractivity contribution is 8.76. The molecular weight excluding hydrogens is 1060 g/mol. The first-order valence-corrected chi connectivity index (χ1v) is 29.4. The molecule has 1 fully saturated rings. The van der Waals surface area contributed by atoms with Crippen molar-refractivity contribution in [3.8, 4) is 0 Å². The normalized spacial score (nSPS) is 23.3. The van der Waals surface area contributed by atoms with Crippen LogP contribution in [-0.4, -0.2) is 129 Å². The number of hydrogen-bond acceptors (Lipinski definition) is 14. The molecule has 1 aliphatic heterocycles. The fourth-order valence-corrected chi connectivity index (χ4v) is 12.1. The molecule has 1 heterocycles. The Morgan fingerprint density at radius 1 is 0.600 bits per heavy atom. The summed E-state index contributed by atoms with van der Waals surface area (Å²) in [5.74, 6) is -10.4. The van der Waals surface area contributed by atoms with Crippen molar-refractivity contribution in [1.29, 1.82) is 0 Å². The summed E-state index contributed by atoms with van der Waals surface area (Å²) in [4.78, 5) is 130. The molecule has 1 unspecified atom stereocenters. The van der Waals surface area contributed by atoms with E-state index in [9.17, 15) is 43.8 Å². The van der Waals surface area contributed by atoms with Crippen molar-refractivity contribution in [2.75, 3.05) is 25.1 Å². The fourth-order valence-electron chi connectivity index (χ4n) is 9.65. The summed E-state index contributed by atoms with van der Waals surface area (Å²) < 4.78 is 0. The molecule has 4 amide bonds. The fraction of sp³-hybridized carbons (Fsp3) is 0.393. The van der Waals surface area contributed by atoms with E-state index < -0.39 is 132 Å². The summed E-state index contributed by atoms with van der Waals surface area (Å²) in [7, 11) is 3.56. The van der Waals surface area contributed by atoms with E-state index in [-0.39, 0.29) is 49.3 Å². The number of likely N-dealkylation sites (N-methyl/N-ethyl adjacent to an activating group) is 1. The van der Waals surface area contributed by atoms with E-state index in [0.29, 0.717) is 29.5 Å². The molecule has 19 heteroatoms. The number of aliphatic hydroxyl groups excluding tert-OH is 1. The molecule has 5 aromatic rings. The van der Waals surface area contributed by atoms with Crippen LogP contribution in [0, 0.1) is 17.8 Å². The van der Waals surface area contributed by atoms with E-state index in [1.165, 1.54) is 14.0 Å². The first-order chi connectivity index (χ1) is 38.4. The number of hydrogen-bond donors (Lipinski definition) is 7. The Labute approximate surface area is 474 Å². The monoisotopic (exact) mass is 1130 g/mol. The maximum atomic E-state index is 15.1. The van der Waals surface area contributed by atoms with E-state index in [1.807, 2.05) is 24.3 Å². The molecule has 0 aliphatic carbocycles. The number of rotatable bonds is 14. The highest BCUT2D eigenvalue weighted by Crippen LogP contribution is 2.29. The van der Waals surface area contributed by atoms with Crippen LogP contribution in [-0.2, 0) is 57.6 Å². The topological polar surface area (TPSA) is 285 Å². The molecule has 0 aromatic heterocycles. The zero-order valence-corrected chi connectivity index (χ0v) is 46.7. The molecule has 0 spiro atoms. The Hall–Kier alpha value is -7.03. The first-order valence-electron chi connectivity index (χ1n) is 26.9. The molecule has 5 aromatic carbocycles. The van der Waals surface area contributed by atoms with Crippen molar-refractivity contribution < 1.29 is 53.4 Å². The predicted molar refractivity (Wildman–Crippen MR) is 310 cm³/mol. The van der Waals surface area contributed by atoms with Crippen LogP contribution in [0.2, 0.25) is 0 Å². The Morgan fingerprint density at radius 2 is 1.14 bits per heavy atom. The minimum atomic E-state index is -1.60. The number of amides is 4. The number of fused-ring (bicyclic) bond motifs is 1.